The number of nitrogens with two attached hydrogens (primary N) is 1. The van der Waals surface area contributed by atoms with Crippen LogP contribution >= 0.6 is 23.4 Å². The normalized spacial score (nSPS) is 12.9. The van der Waals surface area contributed by atoms with E-state index >= 15 is 0 Å². The molecule has 0 aliphatic heterocycles. The number of pyridine rings is 1. The topological polar surface area (TPSA) is 84.7 Å². The molecule has 2 aromatic heterocycles. The Kier molecular flexibility index (Phi) is 3.02. The van der Waals surface area contributed by atoms with Crippen molar-refractivity contribution in [2.75, 3.05) is 0 Å². The minimum absolute atomic E-state index is 0.337. The third kappa shape index (κ3) is 2.28. The van der Waals surface area contributed by atoms with Crippen molar-refractivity contribution in [3.05, 3.63) is 17.3 Å². The zero-order valence-electron chi connectivity index (χ0n) is 8.40. The van der Waals surface area contributed by atoms with E-state index in [9.17, 15) is 4.79 Å². The van der Waals surface area contributed by atoms with Crippen LogP contribution in [0.2, 0.25) is 5.02 Å². The second-order valence-corrected chi connectivity index (χ2v) is 5.00. The molecule has 2 heterocycles. The Morgan fingerprint density at radius 2 is 2.44 bits per heavy atom. The molecule has 0 radical (unpaired) electrons. The summed E-state index contributed by atoms with van der Waals surface area (Å²) in [6.07, 6.45) is 1.52. The van der Waals surface area contributed by atoms with Crippen LogP contribution in [0.15, 0.2) is 17.4 Å². The zero-order chi connectivity index (χ0) is 11.7. The molecular weight excluding hydrogens is 248 g/mol. The molecule has 0 unspecified atom stereocenters. The van der Waals surface area contributed by atoms with Crippen LogP contribution < -0.4 is 5.73 Å². The molecule has 1 atom stereocenters. The summed E-state index contributed by atoms with van der Waals surface area (Å²) >= 11 is 7.05. The van der Waals surface area contributed by atoms with Crippen LogP contribution in [0.5, 0.6) is 0 Å². The highest BCUT2D eigenvalue weighted by molar-refractivity contribution is 8.00. The molecule has 1 amide bonds. The average Bonchev–Trinajstić information content (AvgIpc) is 2.58. The van der Waals surface area contributed by atoms with Crippen molar-refractivity contribution in [2.45, 2.75) is 17.3 Å². The Bertz CT molecular complexity index is 541. The fourth-order valence-corrected chi connectivity index (χ4v) is 2.05. The van der Waals surface area contributed by atoms with E-state index in [1.54, 1.807) is 13.0 Å². The van der Waals surface area contributed by atoms with Crippen LogP contribution in [0.3, 0.4) is 0 Å². The number of aromatic nitrogens is 3. The first-order valence-electron chi connectivity index (χ1n) is 4.53. The van der Waals surface area contributed by atoms with Gasteiger partial charge in [0.15, 0.2) is 10.8 Å². The van der Waals surface area contributed by atoms with E-state index in [1.807, 2.05) is 0 Å². The quantitative estimate of drug-likeness (QED) is 0.817. The Hall–Kier alpha value is -1.27. The summed E-state index contributed by atoms with van der Waals surface area (Å²) < 4.78 is 0. The fourth-order valence-electron chi connectivity index (χ4n) is 1.13. The molecule has 0 aliphatic carbocycles. The summed E-state index contributed by atoms with van der Waals surface area (Å²) in [5.41, 5.74) is 6.48. The lowest BCUT2D eigenvalue weighted by atomic mass is 10.4. The monoisotopic (exact) mass is 256 g/mol. The van der Waals surface area contributed by atoms with Gasteiger partial charge in [0.2, 0.25) is 5.91 Å². The number of carbonyl (C=O) groups is 1. The summed E-state index contributed by atoms with van der Waals surface area (Å²) in [5.74, 6) is -0.378. The summed E-state index contributed by atoms with van der Waals surface area (Å²) in [6.45, 7) is 1.72. The second-order valence-electron chi connectivity index (χ2n) is 3.23. The largest absolute Gasteiger partial charge is 0.369 e. The van der Waals surface area contributed by atoms with Crippen LogP contribution in [0.4, 0.5) is 0 Å². The summed E-state index contributed by atoms with van der Waals surface area (Å²) in [5, 5.41) is 0.808. The second kappa shape index (κ2) is 4.31. The van der Waals surface area contributed by atoms with Crippen LogP contribution in [-0.2, 0) is 4.79 Å². The van der Waals surface area contributed by atoms with E-state index in [-0.39, 0.29) is 11.2 Å². The van der Waals surface area contributed by atoms with E-state index in [2.05, 4.69) is 15.0 Å². The summed E-state index contributed by atoms with van der Waals surface area (Å²) in [4.78, 5) is 22.2. The van der Waals surface area contributed by atoms with Crippen molar-refractivity contribution in [1.29, 1.82) is 0 Å². The number of rotatable bonds is 3. The number of primary amides is 1. The lowest BCUT2D eigenvalue weighted by Gasteiger charge is -2.02. The van der Waals surface area contributed by atoms with E-state index in [0.717, 1.165) is 5.52 Å². The van der Waals surface area contributed by atoms with Gasteiger partial charge in [-0.2, -0.15) is 0 Å². The molecule has 0 spiro atoms. The molecule has 0 saturated heterocycles. The van der Waals surface area contributed by atoms with E-state index in [1.165, 1.54) is 18.0 Å². The molecule has 5 nitrogen and oxygen atoms in total. The smallest absolute Gasteiger partial charge is 0.230 e. The van der Waals surface area contributed by atoms with Gasteiger partial charge >= 0.3 is 0 Å². The molecule has 0 fully saturated rings. The number of nitrogens with one attached hydrogen (secondary N) is 1. The third-order valence-electron chi connectivity index (χ3n) is 1.97. The number of fused-ring (bicyclic) bond motifs is 1. The minimum atomic E-state index is -0.378. The van der Waals surface area contributed by atoms with Gasteiger partial charge in [-0.05, 0) is 13.0 Å². The summed E-state index contributed by atoms with van der Waals surface area (Å²) in [6, 6.07) is 1.73. The van der Waals surface area contributed by atoms with Gasteiger partial charge in [-0.1, -0.05) is 23.4 Å². The highest BCUT2D eigenvalue weighted by Gasteiger charge is 2.13. The first-order valence-corrected chi connectivity index (χ1v) is 5.79. The number of aromatic amines is 1. The van der Waals surface area contributed by atoms with E-state index < -0.39 is 0 Å². The average molecular weight is 257 g/mol. The van der Waals surface area contributed by atoms with Gasteiger partial charge in [0, 0.05) is 6.20 Å². The predicted octanol–water partition coefficient (Wildman–Crippen LogP) is 1.58. The maximum absolute atomic E-state index is 10.9. The molecule has 0 bridgehead atoms. The molecule has 2 aromatic rings. The third-order valence-corrected chi connectivity index (χ3v) is 3.18. The van der Waals surface area contributed by atoms with Gasteiger partial charge in [-0.3, -0.25) is 4.79 Å². The lowest BCUT2D eigenvalue weighted by molar-refractivity contribution is -0.117. The van der Waals surface area contributed by atoms with Crippen LogP contribution in [0.25, 0.3) is 11.2 Å². The van der Waals surface area contributed by atoms with Gasteiger partial charge in [0.25, 0.3) is 0 Å². The fraction of sp³-hybridized carbons (Fsp3) is 0.222. The van der Waals surface area contributed by atoms with Crippen LogP contribution in [0, 0.1) is 0 Å². The van der Waals surface area contributed by atoms with Crippen molar-refractivity contribution in [2.24, 2.45) is 5.73 Å². The number of amides is 1. The highest BCUT2D eigenvalue weighted by atomic mass is 35.5. The van der Waals surface area contributed by atoms with Gasteiger partial charge in [0.05, 0.1) is 15.8 Å². The maximum Gasteiger partial charge on any atom is 0.230 e. The Balaban J connectivity index is 2.29. The van der Waals surface area contributed by atoms with Crippen LogP contribution in [-0.4, -0.2) is 26.1 Å². The molecule has 0 saturated carbocycles. The first kappa shape index (κ1) is 11.2. The molecule has 7 heteroatoms. The van der Waals surface area contributed by atoms with Crippen molar-refractivity contribution >= 4 is 40.4 Å². The molecule has 84 valence electrons. The molecule has 0 aliphatic rings. The number of hydrogen-bond acceptors (Lipinski definition) is 4. The highest BCUT2D eigenvalue weighted by Crippen LogP contribution is 2.23. The molecular formula is C9H9ClN4OS. The van der Waals surface area contributed by atoms with E-state index in [4.69, 9.17) is 17.3 Å². The number of thioether (sulfide) groups is 1. The van der Waals surface area contributed by atoms with Gasteiger partial charge in [-0.15, -0.1) is 0 Å². The van der Waals surface area contributed by atoms with Gasteiger partial charge in [-0.25, -0.2) is 9.97 Å². The Labute approximate surface area is 101 Å². The number of imidazole rings is 1. The van der Waals surface area contributed by atoms with E-state index in [0.29, 0.717) is 15.8 Å². The number of halogens is 1. The Morgan fingerprint density at radius 1 is 1.69 bits per heavy atom. The van der Waals surface area contributed by atoms with Crippen molar-refractivity contribution in [1.82, 2.24) is 15.0 Å². The summed E-state index contributed by atoms with van der Waals surface area (Å²) in [7, 11) is 0. The Morgan fingerprint density at radius 3 is 3.12 bits per heavy atom. The first-order chi connectivity index (χ1) is 7.56. The lowest BCUT2D eigenvalue weighted by Crippen LogP contribution is -2.22. The SMILES string of the molecule is C[C@@H](Sc1nc2ncc(Cl)cc2[nH]1)C(N)=O. The number of H-pyrrole nitrogens is 1. The zero-order valence-corrected chi connectivity index (χ0v) is 9.97. The number of nitrogens with zero attached hydrogens (tertiary/aromatic N) is 2. The number of hydrogen-bond donors (Lipinski definition) is 2. The molecule has 16 heavy (non-hydrogen) atoms. The molecule has 3 N–H and O–H groups in total. The molecule has 0 aromatic carbocycles. The van der Waals surface area contributed by atoms with Crippen molar-refractivity contribution in [3.8, 4) is 0 Å². The molecule has 2 rings (SSSR count). The van der Waals surface area contributed by atoms with Gasteiger partial charge < -0.3 is 10.7 Å². The van der Waals surface area contributed by atoms with Crippen molar-refractivity contribution < 1.29 is 4.79 Å². The predicted molar refractivity (Wildman–Crippen MR) is 63.4 cm³/mol. The van der Waals surface area contributed by atoms with Crippen molar-refractivity contribution in [3.63, 3.8) is 0 Å². The van der Waals surface area contributed by atoms with Crippen LogP contribution in [0.1, 0.15) is 6.92 Å². The standard InChI is InChI=1S/C9H9ClN4OS/c1-4(7(11)15)16-9-13-6-2-5(10)3-12-8(6)14-9/h2-4H,1H3,(H2,11,15)(H,12,13,14)/t4-/m1/s1. The van der Waals surface area contributed by atoms with Gasteiger partial charge in [0.1, 0.15) is 0 Å². The number of carbonyl (C=O) groups excluding carboxylic acids is 1. The maximum atomic E-state index is 10.9. The minimum Gasteiger partial charge on any atom is -0.369 e.